The first-order chi connectivity index (χ1) is 13.4. The minimum absolute atomic E-state index is 0.199. The Morgan fingerprint density at radius 2 is 1.43 bits per heavy atom. The van der Waals surface area contributed by atoms with Crippen molar-refractivity contribution >= 4 is 16.0 Å². The van der Waals surface area contributed by atoms with Gasteiger partial charge in [-0.15, -0.1) is 0 Å². The van der Waals surface area contributed by atoms with E-state index in [0.717, 1.165) is 16.7 Å². The van der Waals surface area contributed by atoms with E-state index < -0.39 is 22.0 Å². The molecule has 0 bridgehead atoms. The van der Waals surface area contributed by atoms with E-state index in [0.29, 0.717) is 5.56 Å². The van der Waals surface area contributed by atoms with Crippen molar-refractivity contribution in [3.63, 3.8) is 0 Å². The molecule has 1 atom stereocenters. The lowest BCUT2D eigenvalue weighted by Crippen LogP contribution is -2.29. The average molecular weight is 395 g/mol. The van der Waals surface area contributed by atoms with Crippen LogP contribution in [0.2, 0.25) is 0 Å². The summed E-state index contributed by atoms with van der Waals surface area (Å²) in [6.45, 7) is 1.90. The van der Waals surface area contributed by atoms with Gasteiger partial charge in [-0.3, -0.25) is 0 Å². The van der Waals surface area contributed by atoms with Crippen LogP contribution in [0.5, 0.6) is 0 Å². The number of esters is 1. The molecule has 0 saturated carbocycles. The number of sulfonamides is 1. The average Bonchev–Trinajstić information content (AvgIpc) is 2.72. The monoisotopic (exact) mass is 395 g/mol. The minimum Gasteiger partial charge on any atom is -0.465 e. The number of rotatable bonds is 6. The number of carbonyl (C=O) groups is 1. The molecule has 0 radical (unpaired) electrons. The van der Waals surface area contributed by atoms with Gasteiger partial charge < -0.3 is 4.74 Å². The number of ether oxygens (including phenoxy) is 1. The van der Waals surface area contributed by atoms with Crippen LogP contribution in [0.4, 0.5) is 0 Å². The van der Waals surface area contributed by atoms with Gasteiger partial charge in [0, 0.05) is 0 Å². The molecule has 0 saturated heterocycles. The molecule has 3 aromatic rings. The summed E-state index contributed by atoms with van der Waals surface area (Å²) in [6.07, 6.45) is 0. The number of hydrogen-bond donors (Lipinski definition) is 1. The van der Waals surface area contributed by atoms with Gasteiger partial charge in [0.05, 0.1) is 23.6 Å². The van der Waals surface area contributed by atoms with E-state index >= 15 is 0 Å². The summed E-state index contributed by atoms with van der Waals surface area (Å²) in [6, 6.07) is 22.1. The Bertz CT molecular complexity index is 1040. The Kier molecular flexibility index (Phi) is 5.92. The largest absolute Gasteiger partial charge is 0.465 e. The molecule has 0 fully saturated rings. The summed E-state index contributed by atoms with van der Waals surface area (Å²) in [7, 11) is -2.43. The normalized spacial score (nSPS) is 12.4. The second kappa shape index (κ2) is 8.37. The lowest BCUT2D eigenvalue weighted by Gasteiger charge is -2.20. The summed E-state index contributed by atoms with van der Waals surface area (Å²) >= 11 is 0. The fourth-order valence-corrected chi connectivity index (χ4v) is 4.06. The molecule has 0 heterocycles. The molecule has 3 rings (SSSR count). The van der Waals surface area contributed by atoms with Gasteiger partial charge in [-0.2, -0.15) is 4.72 Å². The van der Waals surface area contributed by atoms with E-state index in [1.54, 1.807) is 48.5 Å². The van der Waals surface area contributed by atoms with Gasteiger partial charge in [0.25, 0.3) is 0 Å². The summed E-state index contributed by atoms with van der Waals surface area (Å²) in [5.41, 5.74) is 2.90. The zero-order chi connectivity index (χ0) is 20.1. The maximum absolute atomic E-state index is 12.9. The smallest absolute Gasteiger partial charge is 0.337 e. The first kappa shape index (κ1) is 19.8. The van der Waals surface area contributed by atoms with E-state index in [2.05, 4.69) is 4.72 Å². The van der Waals surface area contributed by atoms with Gasteiger partial charge in [0.2, 0.25) is 10.0 Å². The molecule has 28 heavy (non-hydrogen) atoms. The molecule has 6 heteroatoms. The Labute approximate surface area is 165 Å². The Balaban J connectivity index is 1.98. The molecule has 3 aromatic carbocycles. The fourth-order valence-electron chi connectivity index (χ4n) is 2.84. The zero-order valence-corrected chi connectivity index (χ0v) is 16.4. The second-order valence-electron chi connectivity index (χ2n) is 6.39. The third-order valence-corrected chi connectivity index (χ3v) is 5.84. The second-order valence-corrected chi connectivity index (χ2v) is 8.11. The number of carbonyl (C=O) groups excluding carboxylic acids is 1. The molecule has 0 aromatic heterocycles. The van der Waals surface area contributed by atoms with Crippen molar-refractivity contribution < 1.29 is 17.9 Å². The van der Waals surface area contributed by atoms with Crippen molar-refractivity contribution in [1.29, 1.82) is 0 Å². The van der Waals surface area contributed by atoms with Crippen LogP contribution in [0.15, 0.2) is 83.8 Å². The van der Waals surface area contributed by atoms with Crippen LogP contribution >= 0.6 is 0 Å². The minimum atomic E-state index is -3.75. The predicted molar refractivity (Wildman–Crippen MR) is 108 cm³/mol. The molecule has 0 aliphatic carbocycles. The van der Waals surface area contributed by atoms with Crippen molar-refractivity contribution in [2.45, 2.75) is 17.9 Å². The third kappa shape index (κ3) is 4.47. The third-order valence-electron chi connectivity index (χ3n) is 4.40. The van der Waals surface area contributed by atoms with Gasteiger partial charge in [-0.1, -0.05) is 60.2 Å². The van der Waals surface area contributed by atoms with Crippen LogP contribution in [0.3, 0.4) is 0 Å². The Morgan fingerprint density at radius 1 is 0.857 bits per heavy atom. The Morgan fingerprint density at radius 3 is 2.00 bits per heavy atom. The van der Waals surface area contributed by atoms with Crippen molar-refractivity contribution in [3.05, 3.63) is 101 Å². The van der Waals surface area contributed by atoms with Gasteiger partial charge >= 0.3 is 5.97 Å². The van der Waals surface area contributed by atoms with Gasteiger partial charge in [-0.05, 0) is 42.3 Å². The van der Waals surface area contributed by atoms with Crippen molar-refractivity contribution in [2.75, 3.05) is 7.11 Å². The van der Waals surface area contributed by atoms with E-state index in [1.165, 1.54) is 7.11 Å². The summed E-state index contributed by atoms with van der Waals surface area (Å²) in [4.78, 5) is 11.9. The van der Waals surface area contributed by atoms with Crippen LogP contribution < -0.4 is 4.72 Å². The lowest BCUT2D eigenvalue weighted by atomic mass is 9.99. The van der Waals surface area contributed by atoms with E-state index in [4.69, 9.17) is 4.74 Å². The molecule has 0 spiro atoms. The highest BCUT2D eigenvalue weighted by Gasteiger charge is 2.23. The van der Waals surface area contributed by atoms with Crippen LogP contribution in [0.25, 0.3) is 0 Å². The SMILES string of the molecule is COC(=O)c1ccc([C@H](NS(=O)(=O)c2ccc(C)cc2)c2ccccc2)cc1. The molecular formula is C22H21NO4S. The highest BCUT2D eigenvalue weighted by atomic mass is 32.2. The fraction of sp³-hybridized carbons (Fsp3) is 0.136. The maximum Gasteiger partial charge on any atom is 0.337 e. The quantitative estimate of drug-likeness (QED) is 0.644. The number of aryl methyl sites for hydroxylation is 1. The zero-order valence-electron chi connectivity index (χ0n) is 15.6. The maximum atomic E-state index is 12.9. The van der Waals surface area contributed by atoms with Crippen LogP contribution in [0.1, 0.15) is 33.1 Å². The van der Waals surface area contributed by atoms with E-state index in [1.807, 2.05) is 37.3 Å². The highest BCUT2D eigenvalue weighted by molar-refractivity contribution is 7.89. The van der Waals surface area contributed by atoms with Crippen LogP contribution in [0, 0.1) is 6.92 Å². The first-order valence-electron chi connectivity index (χ1n) is 8.73. The van der Waals surface area contributed by atoms with Gasteiger partial charge in [0.15, 0.2) is 0 Å². The lowest BCUT2D eigenvalue weighted by molar-refractivity contribution is 0.0600. The molecule has 0 amide bonds. The Hall–Kier alpha value is -2.96. The molecule has 0 aliphatic heterocycles. The number of nitrogens with one attached hydrogen (secondary N) is 1. The highest BCUT2D eigenvalue weighted by Crippen LogP contribution is 2.25. The van der Waals surface area contributed by atoms with Crippen LogP contribution in [-0.4, -0.2) is 21.5 Å². The molecule has 5 nitrogen and oxygen atoms in total. The molecular weight excluding hydrogens is 374 g/mol. The van der Waals surface area contributed by atoms with Crippen LogP contribution in [-0.2, 0) is 14.8 Å². The van der Waals surface area contributed by atoms with Crippen molar-refractivity contribution in [3.8, 4) is 0 Å². The molecule has 1 N–H and O–H groups in total. The molecule has 144 valence electrons. The summed E-state index contributed by atoms with van der Waals surface area (Å²) < 4.78 is 33.4. The number of methoxy groups -OCH3 is 1. The van der Waals surface area contributed by atoms with Gasteiger partial charge in [-0.25, -0.2) is 13.2 Å². The van der Waals surface area contributed by atoms with Gasteiger partial charge in [0.1, 0.15) is 0 Å². The number of benzene rings is 3. The van der Waals surface area contributed by atoms with Crippen molar-refractivity contribution in [2.24, 2.45) is 0 Å². The van der Waals surface area contributed by atoms with E-state index in [-0.39, 0.29) is 4.90 Å². The molecule has 0 unspecified atom stereocenters. The summed E-state index contributed by atoms with van der Waals surface area (Å²) in [5.74, 6) is -0.442. The predicted octanol–water partition coefficient (Wildman–Crippen LogP) is 3.85. The topological polar surface area (TPSA) is 72.5 Å². The summed E-state index contributed by atoms with van der Waals surface area (Å²) in [5, 5.41) is 0. The molecule has 0 aliphatic rings. The number of hydrogen-bond acceptors (Lipinski definition) is 4. The van der Waals surface area contributed by atoms with E-state index in [9.17, 15) is 13.2 Å². The standard InChI is InChI=1S/C22H21NO4S/c1-16-8-14-20(15-9-16)28(25,26)23-21(17-6-4-3-5-7-17)18-10-12-19(13-11-18)22(24)27-2/h3-15,21,23H,1-2H3/t21-/m1/s1. The van der Waals surface area contributed by atoms with Crippen molar-refractivity contribution in [1.82, 2.24) is 4.72 Å². The first-order valence-corrected chi connectivity index (χ1v) is 10.2.